The summed E-state index contributed by atoms with van der Waals surface area (Å²) in [6.07, 6.45) is 1.32. The fourth-order valence-corrected chi connectivity index (χ4v) is 3.40. The highest BCUT2D eigenvalue weighted by atomic mass is 16.4. The number of amides is 2. The summed E-state index contributed by atoms with van der Waals surface area (Å²) in [6.45, 7) is 2.36. The Hall–Kier alpha value is -2.12. The van der Waals surface area contributed by atoms with Gasteiger partial charge in [0.2, 0.25) is 0 Å². The molecule has 4 N–H and O–H groups in total. The fraction of sp³-hybridized carbons (Fsp3) is 0.579. The third-order valence-electron chi connectivity index (χ3n) is 4.82. The first-order valence-electron chi connectivity index (χ1n) is 9.19. The second-order valence-electron chi connectivity index (χ2n) is 6.82. The van der Waals surface area contributed by atoms with E-state index in [1.54, 1.807) is 0 Å². The summed E-state index contributed by atoms with van der Waals surface area (Å²) in [4.78, 5) is 25.0. The summed E-state index contributed by atoms with van der Waals surface area (Å²) in [6, 6.07) is 7.62. The SMILES string of the molecule is CNCc1ccc(C(=O)N2CCCC(C(O)CCCNC(=O)O)C2)cc1. The van der Waals surface area contributed by atoms with Crippen molar-refractivity contribution in [1.82, 2.24) is 15.5 Å². The minimum atomic E-state index is -1.05. The minimum absolute atomic E-state index is 0.00505. The topological polar surface area (TPSA) is 102 Å². The molecule has 1 heterocycles. The van der Waals surface area contributed by atoms with E-state index in [1.807, 2.05) is 36.2 Å². The van der Waals surface area contributed by atoms with Gasteiger partial charge in [0, 0.05) is 37.7 Å². The quantitative estimate of drug-likeness (QED) is 0.526. The number of hydrogen-bond acceptors (Lipinski definition) is 4. The van der Waals surface area contributed by atoms with Crippen molar-refractivity contribution in [3.05, 3.63) is 35.4 Å². The summed E-state index contributed by atoms with van der Waals surface area (Å²) in [7, 11) is 1.88. The Balaban J connectivity index is 1.86. The summed E-state index contributed by atoms with van der Waals surface area (Å²) in [5.74, 6) is 0.0477. The van der Waals surface area contributed by atoms with Crippen molar-refractivity contribution in [3.63, 3.8) is 0 Å². The maximum absolute atomic E-state index is 12.7. The number of nitrogens with zero attached hydrogens (tertiary/aromatic N) is 1. The van der Waals surface area contributed by atoms with E-state index in [-0.39, 0.29) is 11.8 Å². The lowest BCUT2D eigenvalue weighted by Crippen LogP contribution is -2.43. The molecule has 144 valence electrons. The van der Waals surface area contributed by atoms with Crippen molar-refractivity contribution in [3.8, 4) is 0 Å². The van der Waals surface area contributed by atoms with Gasteiger partial charge in [0.1, 0.15) is 0 Å². The molecule has 2 atom stereocenters. The van der Waals surface area contributed by atoms with Crippen molar-refractivity contribution in [1.29, 1.82) is 0 Å². The molecule has 0 radical (unpaired) electrons. The monoisotopic (exact) mass is 363 g/mol. The molecular formula is C19H29N3O4. The number of hydrogen-bond donors (Lipinski definition) is 4. The van der Waals surface area contributed by atoms with Gasteiger partial charge in [-0.3, -0.25) is 4.79 Å². The fourth-order valence-electron chi connectivity index (χ4n) is 3.40. The van der Waals surface area contributed by atoms with Gasteiger partial charge in [-0.15, -0.1) is 0 Å². The highest BCUT2D eigenvalue weighted by Gasteiger charge is 2.28. The Labute approximate surface area is 154 Å². The average Bonchev–Trinajstić information content (AvgIpc) is 2.65. The van der Waals surface area contributed by atoms with Gasteiger partial charge in [0.25, 0.3) is 5.91 Å². The molecule has 7 nitrogen and oxygen atoms in total. The van der Waals surface area contributed by atoms with Crippen LogP contribution in [0, 0.1) is 5.92 Å². The average molecular weight is 363 g/mol. The zero-order chi connectivity index (χ0) is 18.9. The van der Waals surface area contributed by atoms with Gasteiger partial charge in [0.15, 0.2) is 0 Å². The van der Waals surface area contributed by atoms with Gasteiger partial charge in [-0.1, -0.05) is 12.1 Å². The predicted molar refractivity (Wildman–Crippen MR) is 99.1 cm³/mol. The molecule has 1 aromatic carbocycles. The van der Waals surface area contributed by atoms with Crippen molar-refractivity contribution in [2.24, 2.45) is 5.92 Å². The highest BCUT2D eigenvalue weighted by Crippen LogP contribution is 2.23. The molecule has 2 amide bonds. The number of benzene rings is 1. The van der Waals surface area contributed by atoms with Crippen LogP contribution in [0.3, 0.4) is 0 Å². The lowest BCUT2D eigenvalue weighted by atomic mass is 9.89. The van der Waals surface area contributed by atoms with Gasteiger partial charge < -0.3 is 25.7 Å². The van der Waals surface area contributed by atoms with E-state index in [2.05, 4.69) is 10.6 Å². The molecule has 1 fully saturated rings. The molecule has 0 bridgehead atoms. The number of carbonyl (C=O) groups is 2. The largest absolute Gasteiger partial charge is 0.465 e. The van der Waals surface area contributed by atoms with Gasteiger partial charge in [0.05, 0.1) is 6.10 Å². The molecule has 1 aliphatic rings. The van der Waals surface area contributed by atoms with E-state index in [1.165, 1.54) is 0 Å². The standard InChI is InChI=1S/C19H29N3O4/c1-20-12-14-6-8-15(9-7-14)18(24)22-11-3-4-16(13-22)17(23)5-2-10-21-19(25)26/h6-9,16-17,20-21,23H,2-5,10-13H2,1H3,(H,25,26). The Kier molecular flexibility index (Phi) is 7.87. The van der Waals surface area contributed by atoms with Gasteiger partial charge in [-0.25, -0.2) is 4.79 Å². The molecule has 0 spiro atoms. The van der Waals surface area contributed by atoms with Crippen molar-refractivity contribution in [2.45, 2.75) is 38.3 Å². The normalized spacial score (nSPS) is 18.4. The third kappa shape index (κ3) is 6.00. The molecule has 0 aromatic heterocycles. The van der Waals surface area contributed by atoms with Gasteiger partial charge in [-0.05, 0) is 50.4 Å². The lowest BCUT2D eigenvalue weighted by Gasteiger charge is -2.35. The van der Waals surface area contributed by atoms with Crippen LogP contribution >= 0.6 is 0 Å². The van der Waals surface area contributed by atoms with E-state index in [4.69, 9.17) is 5.11 Å². The summed E-state index contributed by atoms with van der Waals surface area (Å²) in [5.41, 5.74) is 1.80. The first kappa shape index (κ1) is 20.2. The molecule has 2 unspecified atom stereocenters. The Morgan fingerprint density at radius 1 is 1.31 bits per heavy atom. The molecule has 1 aromatic rings. The van der Waals surface area contributed by atoms with Crippen LogP contribution in [0.5, 0.6) is 0 Å². The molecule has 0 saturated carbocycles. The van der Waals surface area contributed by atoms with Crippen LogP contribution in [0.25, 0.3) is 0 Å². The number of rotatable bonds is 8. The Bertz CT molecular complexity index is 591. The van der Waals surface area contributed by atoms with E-state index in [0.29, 0.717) is 38.0 Å². The minimum Gasteiger partial charge on any atom is -0.465 e. The number of likely N-dealkylation sites (tertiary alicyclic amines) is 1. The van der Waals surface area contributed by atoms with Crippen LogP contribution in [0.2, 0.25) is 0 Å². The smallest absolute Gasteiger partial charge is 0.404 e. The first-order valence-corrected chi connectivity index (χ1v) is 9.19. The Morgan fingerprint density at radius 3 is 2.69 bits per heavy atom. The van der Waals surface area contributed by atoms with Crippen LogP contribution in [0.4, 0.5) is 4.79 Å². The van der Waals surface area contributed by atoms with Crippen LogP contribution < -0.4 is 10.6 Å². The zero-order valence-electron chi connectivity index (χ0n) is 15.3. The summed E-state index contributed by atoms with van der Waals surface area (Å²) < 4.78 is 0. The molecule has 0 aliphatic carbocycles. The van der Waals surface area contributed by atoms with E-state index < -0.39 is 12.2 Å². The lowest BCUT2D eigenvalue weighted by molar-refractivity contribution is 0.0368. The molecule has 1 saturated heterocycles. The maximum Gasteiger partial charge on any atom is 0.404 e. The third-order valence-corrected chi connectivity index (χ3v) is 4.82. The molecule has 7 heteroatoms. The van der Waals surface area contributed by atoms with Gasteiger partial charge >= 0.3 is 6.09 Å². The number of carbonyl (C=O) groups excluding carboxylic acids is 1. The second-order valence-corrected chi connectivity index (χ2v) is 6.82. The van der Waals surface area contributed by atoms with Crippen LogP contribution in [-0.2, 0) is 6.54 Å². The maximum atomic E-state index is 12.7. The molecule has 2 rings (SSSR count). The number of aliphatic hydroxyl groups excluding tert-OH is 1. The van der Waals surface area contributed by atoms with Crippen LogP contribution in [0.15, 0.2) is 24.3 Å². The number of carboxylic acid groups (broad SMARTS) is 1. The first-order chi connectivity index (χ1) is 12.5. The Morgan fingerprint density at radius 2 is 2.04 bits per heavy atom. The predicted octanol–water partition coefficient (Wildman–Crippen LogP) is 1.67. The van der Waals surface area contributed by atoms with Crippen molar-refractivity contribution >= 4 is 12.0 Å². The molecule has 1 aliphatic heterocycles. The zero-order valence-corrected chi connectivity index (χ0v) is 15.3. The summed E-state index contributed by atoms with van der Waals surface area (Å²) in [5, 5.41) is 24.3. The number of nitrogens with one attached hydrogen (secondary N) is 2. The van der Waals surface area contributed by atoms with Crippen LogP contribution in [-0.4, -0.2) is 59.9 Å². The molecular weight excluding hydrogens is 334 g/mol. The van der Waals surface area contributed by atoms with Gasteiger partial charge in [-0.2, -0.15) is 0 Å². The second kappa shape index (κ2) is 10.1. The highest BCUT2D eigenvalue weighted by molar-refractivity contribution is 5.94. The van der Waals surface area contributed by atoms with E-state index in [9.17, 15) is 14.7 Å². The van der Waals surface area contributed by atoms with E-state index >= 15 is 0 Å². The number of aliphatic hydroxyl groups is 1. The van der Waals surface area contributed by atoms with Crippen molar-refractivity contribution < 1.29 is 19.8 Å². The molecule has 26 heavy (non-hydrogen) atoms. The number of piperidine rings is 1. The van der Waals surface area contributed by atoms with E-state index in [0.717, 1.165) is 24.9 Å². The summed E-state index contributed by atoms with van der Waals surface area (Å²) >= 11 is 0. The van der Waals surface area contributed by atoms with Crippen LogP contribution in [0.1, 0.15) is 41.6 Å². The van der Waals surface area contributed by atoms with Crippen molar-refractivity contribution in [2.75, 3.05) is 26.7 Å².